The van der Waals surface area contributed by atoms with E-state index >= 15 is 0 Å². The molecule has 0 amide bonds. The fourth-order valence-corrected chi connectivity index (χ4v) is 0.403. The summed E-state index contributed by atoms with van der Waals surface area (Å²) < 4.78 is 0. The summed E-state index contributed by atoms with van der Waals surface area (Å²) in [6.45, 7) is 3.32. The fourth-order valence-electron chi connectivity index (χ4n) is 0.403. The first-order valence-electron chi connectivity index (χ1n) is 2.78. The quantitative estimate of drug-likeness (QED) is 0.540. The van der Waals surface area contributed by atoms with Crippen molar-refractivity contribution in [1.29, 1.82) is 0 Å². The smallest absolute Gasteiger partial charge is 0.333 e. The number of carboxylic acid groups (broad SMARTS) is 1. The maximum Gasteiger partial charge on any atom is 0.333 e. The Morgan fingerprint density at radius 2 is 2.11 bits per heavy atom. The number of hydrogen-bond acceptors (Lipinski definition) is 2. The minimum atomic E-state index is -0.936. The molecule has 0 rings (SSSR count). The molecular formula is C6H11NO2. The number of carbonyl (C=O) groups is 1. The lowest BCUT2D eigenvalue weighted by atomic mass is 10.2. The average Bonchev–Trinajstić information content (AvgIpc) is 1.84. The van der Waals surface area contributed by atoms with Crippen LogP contribution in [0.4, 0.5) is 0 Å². The Labute approximate surface area is 54.2 Å². The predicted octanol–water partition coefficient (Wildman–Crippen LogP) is 0.714. The van der Waals surface area contributed by atoms with Crippen LogP contribution in [0, 0.1) is 0 Å². The van der Waals surface area contributed by atoms with Crippen molar-refractivity contribution in [3.8, 4) is 0 Å². The van der Waals surface area contributed by atoms with Crippen LogP contribution < -0.4 is 5.73 Å². The molecule has 0 aliphatic carbocycles. The van der Waals surface area contributed by atoms with Crippen molar-refractivity contribution in [3.63, 3.8) is 0 Å². The van der Waals surface area contributed by atoms with Crippen LogP contribution in [0.15, 0.2) is 11.3 Å². The molecule has 3 N–H and O–H groups in total. The van der Waals surface area contributed by atoms with E-state index in [1.54, 1.807) is 0 Å². The zero-order valence-electron chi connectivity index (χ0n) is 5.64. The van der Waals surface area contributed by atoms with E-state index in [0.29, 0.717) is 12.1 Å². The molecule has 0 radical (unpaired) electrons. The summed E-state index contributed by atoms with van der Waals surface area (Å²) >= 11 is 0. The number of carboxylic acids is 1. The van der Waals surface area contributed by atoms with E-state index in [4.69, 9.17) is 10.8 Å². The van der Waals surface area contributed by atoms with Crippen molar-refractivity contribution in [2.24, 2.45) is 5.73 Å². The van der Waals surface area contributed by atoms with Crippen molar-refractivity contribution < 1.29 is 9.90 Å². The molecule has 0 saturated carbocycles. The molecule has 0 spiro atoms. The summed E-state index contributed by atoms with van der Waals surface area (Å²) in [7, 11) is 0. The van der Waals surface area contributed by atoms with Crippen molar-refractivity contribution >= 4 is 5.97 Å². The van der Waals surface area contributed by atoms with Gasteiger partial charge in [0.1, 0.15) is 0 Å². The molecule has 0 aliphatic rings. The van der Waals surface area contributed by atoms with Crippen LogP contribution in [-0.2, 0) is 4.79 Å². The van der Waals surface area contributed by atoms with E-state index in [9.17, 15) is 4.79 Å². The molecule has 0 aromatic carbocycles. The Balaban J connectivity index is 4.28. The lowest BCUT2D eigenvalue weighted by molar-refractivity contribution is -0.132. The minimum absolute atomic E-state index is 0.248. The largest absolute Gasteiger partial charge is 0.478 e. The SMILES string of the molecule is CC/C(N)=C(\C)C(=O)O. The Hall–Kier alpha value is -0.990. The monoisotopic (exact) mass is 129 g/mol. The van der Waals surface area contributed by atoms with Crippen molar-refractivity contribution in [2.45, 2.75) is 20.3 Å². The molecule has 3 nitrogen and oxygen atoms in total. The first kappa shape index (κ1) is 8.01. The lowest BCUT2D eigenvalue weighted by Crippen LogP contribution is -2.06. The van der Waals surface area contributed by atoms with Gasteiger partial charge >= 0.3 is 5.97 Å². The van der Waals surface area contributed by atoms with Crippen LogP contribution in [0.1, 0.15) is 20.3 Å². The summed E-state index contributed by atoms with van der Waals surface area (Å²) in [5.74, 6) is -0.936. The van der Waals surface area contributed by atoms with Crippen LogP contribution >= 0.6 is 0 Å². The summed E-state index contributed by atoms with van der Waals surface area (Å²) in [5, 5.41) is 8.35. The van der Waals surface area contributed by atoms with Gasteiger partial charge in [0, 0.05) is 5.70 Å². The van der Waals surface area contributed by atoms with E-state index in [2.05, 4.69) is 0 Å². The Morgan fingerprint density at radius 3 is 2.22 bits per heavy atom. The first-order valence-corrected chi connectivity index (χ1v) is 2.78. The second-order valence-electron chi connectivity index (χ2n) is 1.81. The van der Waals surface area contributed by atoms with Gasteiger partial charge in [-0.1, -0.05) is 6.92 Å². The molecule has 0 bridgehead atoms. The normalized spacial score (nSPS) is 12.7. The van der Waals surface area contributed by atoms with Crippen LogP contribution in [0.25, 0.3) is 0 Å². The van der Waals surface area contributed by atoms with Gasteiger partial charge in [-0.15, -0.1) is 0 Å². The van der Waals surface area contributed by atoms with Crippen LogP contribution in [0.3, 0.4) is 0 Å². The number of allylic oxidation sites excluding steroid dienone is 1. The van der Waals surface area contributed by atoms with Gasteiger partial charge in [-0.25, -0.2) is 4.79 Å². The lowest BCUT2D eigenvalue weighted by Gasteiger charge is -1.97. The van der Waals surface area contributed by atoms with Crippen molar-refractivity contribution in [1.82, 2.24) is 0 Å². The average molecular weight is 129 g/mol. The number of aliphatic carboxylic acids is 1. The summed E-state index contributed by atoms with van der Waals surface area (Å²) in [6, 6.07) is 0. The van der Waals surface area contributed by atoms with Crippen molar-refractivity contribution in [3.05, 3.63) is 11.3 Å². The van der Waals surface area contributed by atoms with Gasteiger partial charge in [-0.3, -0.25) is 0 Å². The minimum Gasteiger partial charge on any atom is -0.478 e. The Kier molecular flexibility index (Phi) is 2.78. The van der Waals surface area contributed by atoms with Crippen LogP contribution in [-0.4, -0.2) is 11.1 Å². The van der Waals surface area contributed by atoms with E-state index in [1.165, 1.54) is 6.92 Å². The first-order chi connectivity index (χ1) is 4.09. The van der Waals surface area contributed by atoms with Gasteiger partial charge in [-0.05, 0) is 13.3 Å². The molecular weight excluding hydrogens is 118 g/mol. The molecule has 0 fully saturated rings. The van der Waals surface area contributed by atoms with Gasteiger partial charge in [0.2, 0.25) is 0 Å². The van der Waals surface area contributed by atoms with Gasteiger partial charge in [0.25, 0.3) is 0 Å². The van der Waals surface area contributed by atoms with Gasteiger partial charge in [-0.2, -0.15) is 0 Å². The molecule has 3 heteroatoms. The highest BCUT2D eigenvalue weighted by Crippen LogP contribution is 2.00. The molecule has 0 heterocycles. The zero-order chi connectivity index (χ0) is 7.44. The molecule has 0 unspecified atom stereocenters. The van der Waals surface area contributed by atoms with E-state index in [-0.39, 0.29) is 5.57 Å². The molecule has 0 aliphatic heterocycles. The molecule has 0 saturated heterocycles. The van der Waals surface area contributed by atoms with E-state index in [0.717, 1.165) is 0 Å². The highest BCUT2D eigenvalue weighted by Gasteiger charge is 2.02. The third-order valence-corrected chi connectivity index (χ3v) is 1.18. The summed E-state index contributed by atoms with van der Waals surface area (Å²) in [4.78, 5) is 10.2. The summed E-state index contributed by atoms with van der Waals surface area (Å²) in [6.07, 6.45) is 0.595. The topological polar surface area (TPSA) is 63.3 Å². The molecule has 0 aromatic rings. The van der Waals surface area contributed by atoms with Crippen LogP contribution in [0.2, 0.25) is 0 Å². The molecule has 0 atom stereocenters. The highest BCUT2D eigenvalue weighted by atomic mass is 16.4. The van der Waals surface area contributed by atoms with Gasteiger partial charge in [0.05, 0.1) is 5.57 Å². The maximum absolute atomic E-state index is 10.2. The standard InChI is InChI=1S/C6H11NO2/c1-3-5(7)4(2)6(8)9/h3,7H2,1-2H3,(H,8,9)/b5-4-. The number of rotatable bonds is 2. The predicted molar refractivity (Wildman–Crippen MR) is 34.8 cm³/mol. The van der Waals surface area contributed by atoms with Crippen molar-refractivity contribution in [2.75, 3.05) is 0 Å². The second kappa shape index (κ2) is 3.12. The molecule has 9 heavy (non-hydrogen) atoms. The third kappa shape index (κ3) is 2.17. The Morgan fingerprint density at radius 1 is 1.67 bits per heavy atom. The number of hydrogen-bond donors (Lipinski definition) is 2. The highest BCUT2D eigenvalue weighted by molar-refractivity contribution is 5.86. The van der Waals surface area contributed by atoms with E-state index < -0.39 is 5.97 Å². The molecule has 52 valence electrons. The van der Waals surface area contributed by atoms with Crippen LogP contribution in [0.5, 0.6) is 0 Å². The number of nitrogens with two attached hydrogens (primary N) is 1. The zero-order valence-corrected chi connectivity index (χ0v) is 5.64. The Bertz CT molecular complexity index is 149. The van der Waals surface area contributed by atoms with Gasteiger partial charge < -0.3 is 10.8 Å². The summed E-state index contributed by atoms with van der Waals surface area (Å²) in [5.41, 5.74) is 6.01. The van der Waals surface area contributed by atoms with E-state index in [1.807, 2.05) is 6.92 Å². The van der Waals surface area contributed by atoms with Gasteiger partial charge in [0.15, 0.2) is 0 Å². The fraction of sp³-hybridized carbons (Fsp3) is 0.500. The maximum atomic E-state index is 10.2. The second-order valence-corrected chi connectivity index (χ2v) is 1.81. The molecule has 0 aromatic heterocycles. The third-order valence-electron chi connectivity index (χ3n) is 1.18.